The maximum Gasteiger partial charge on any atom is 0.407 e. The summed E-state index contributed by atoms with van der Waals surface area (Å²) in [5, 5.41) is 2.65. The molecule has 0 saturated heterocycles. The molecule has 0 bridgehead atoms. The van der Waals surface area contributed by atoms with E-state index in [1.807, 2.05) is 57.2 Å². The Morgan fingerprint density at radius 3 is 1.94 bits per heavy atom. The van der Waals surface area contributed by atoms with Crippen molar-refractivity contribution in [1.29, 1.82) is 0 Å². The topological polar surface area (TPSA) is 81.7 Å². The maximum absolute atomic E-state index is 12.7. The van der Waals surface area contributed by atoms with Crippen LogP contribution in [0.3, 0.4) is 0 Å². The fraction of sp³-hybridized carbons (Fsp3) is 0.300. The van der Waals surface area contributed by atoms with Crippen LogP contribution in [-0.4, -0.2) is 37.6 Å². The van der Waals surface area contributed by atoms with E-state index in [1.54, 1.807) is 24.3 Å². The van der Waals surface area contributed by atoms with Crippen molar-refractivity contribution in [1.82, 2.24) is 5.32 Å². The first-order valence-corrected chi connectivity index (χ1v) is 12.0. The lowest BCUT2D eigenvalue weighted by Gasteiger charge is -2.19. The van der Waals surface area contributed by atoms with E-state index in [0.29, 0.717) is 5.56 Å². The molecule has 6 heteroatoms. The molecular weight excluding hydrogens is 454 g/mol. The minimum absolute atomic E-state index is 0.0373. The number of rotatable bonds is 7. The van der Waals surface area contributed by atoms with Crippen molar-refractivity contribution in [3.05, 3.63) is 95.1 Å². The molecule has 0 unspecified atom stereocenters. The SMILES string of the molecule is COC(=O)[C@H](Cc1ccc(C(=O)C(C)(C)C)cc1)NC(=O)OCC1c2ccccc2-c2ccccc21. The number of hydrogen-bond acceptors (Lipinski definition) is 5. The molecule has 186 valence electrons. The van der Waals surface area contributed by atoms with E-state index >= 15 is 0 Å². The Kier molecular flexibility index (Phi) is 7.25. The number of carbonyl (C=O) groups is 3. The summed E-state index contributed by atoms with van der Waals surface area (Å²) in [6.07, 6.45) is -0.479. The van der Waals surface area contributed by atoms with E-state index in [2.05, 4.69) is 17.4 Å². The fourth-order valence-electron chi connectivity index (χ4n) is 4.58. The summed E-state index contributed by atoms with van der Waals surface area (Å²) in [5.74, 6) is -0.610. The van der Waals surface area contributed by atoms with E-state index in [-0.39, 0.29) is 24.7 Å². The summed E-state index contributed by atoms with van der Waals surface area (Å²) in [4.78, 5) is 37.6. The largest absolute Gasteiger partial charge is 0.467 e. The van der Waals surface area contributed by atoms with E-state index < -0.39 is 23.5 Å². The first-order valence-electron chi connectivity index (χ1n) is 12.0. The van der Waals surface area contributed by atoms with Gasteiger partial charge in [0.1, 0.15) is 12.6 Å². The zero-order valence-electron chi connectivity index (χ0n) is 21.0. The number of hydrogen-bond donors (Lipinski definition) is 1. The molecule has 1 aliphatic rings. The molecule has 0 saturated carbocycles. The molecule has 1 N–H and O–H groups in total. The van der Waals surface area contributed by atoms with Gasteiger partial charge in [0, 0.05) is 23.3 Å². The summed E-state index contributed by atoms with van der Waals surface area (Å²) >= 11 is 0. The second kappa shape index (κ2) is 10.4. The third kappa shape index (κ3) is 5.33. The van der Waals surface area contributed by atoms with Gasteiger partial charge in [-0.15, -0.1) is 0 Å². The van der Waals surface area contributed by atoms with Gasteiger partial charge < -0.3 is 14.8 Å². The average molecular weight is 486 g/mol. The first-order chi connectivity index (χ1) is 17.2. The van der Waals surface area contributed by atoms with Crippen molar-refractivity contribution >= 4 is 17.8 Å². The average Bonchev–Trinajstić information content (AvgIpc) is 3.19. The van der Waals surface area contributed by atoms with Crippen LogP contribution in [0, 0.1) is 5.41 Å². The van der Waals surface area contributed by atoms with Gasteiger partial charge in [-0.25, -0.2) is 9.59 Å². The highest BCUT2D eigenvalue weighted by atomic mass is 16.6. The molecule has 1 atom stereocenters. The zero-order valence-corrected chi connectivity index (χ0v) is 21.0. The van der Waals surface area contributed by atoms with Gasteiger partial charge in [0.2, 0.25) is 0 Å². The van der Waals surface area contributed by atoms with Gasteiger partial charge >= 0.3 is 12.1 Å². The number of benzene rings is 3. The van der Waals surface area contributed by atoms with E-state index in [4.69, 9.17) is 9.47 Å². The molecule has 0 fully saturated rings. The van der Waals surface area contributed by atoms with E-state index in [9.17, 15) is 14.4 Å². The number of ketones is 1. The first kappa shape index (κ1) is 25.2. The van der Waals surface area contributed by atoms with Gasteiger partial charge in [-0.1, -0.05) is 93.6 Å². The predicted molar refractivity (Wildman–Crippen MR) is 138 cm³/mol. The number of ether oxygens (including phenoxy) is 2. The number of carbonyl (C=O) groups excluding carboxylic acids is 3. The van der Waals surface area contributed by atoms with Crippen LogP contribution in [0.5, 0.6) is 0 Å². The smallest absolute Gasteiger partial charge is 0.407 e. The molecule has 0 aliphatic heterocycles. The second-order valence-corrected chi connectivity index (χ2v) is 10.0. The van der Waals surface area contributed by atoms with E-state index in [1.165, 1.54) is 7.11 Å². The molecule has 3 aromatic rings. The molecule has 0 heterocycles. The van der Waals surface area contributed by atoms with Crippen LogP contribution >= 0.6 is 0 Å². The number of nitrogens with one attached hydrogen (secondary N) is 1. The van der Waals surface area contributed by atoms with Gasteiger partial charge in [0.15, 0.2) is 5.78 Å². The Morgan fingerprint density at radius 1 is 0.861 bits per heavy atom. The lowest BCUT2D eigenvalue weighted by atomic mass is 9.86. The Morgan fingerprint density at radius 2 is 1.42 bits per heavy atom. The summed E-state index contributed by atoms with van der Waals surface area (Å²) < 4.78 is 10.5. The molecule has 4 rings (SSSR count). The minimum atomic E-state index is -0.921. The van der Waals surface area contributed by atoms with Crippen molar-refractivity contribution in [2.75, 3.05) is 13.7 Å². The van der Waals surface area contributed by atoms with Gasteiger partial charge in [0.25, 0.3) is 0 Å². The Hall–Kier alpha value is -3.93. The van der Waals surface area contributed by atoms with Crippen molar-refractivity contribution in [2.45, 2.75) is 39.2 Å². The Balaban J connectivity index is 1.42. The number of esters is 1. The molecule has 0 radical (unpaired) electrons. The van der Waals surface area contributed by atoms with Crippen molar-refractivity contribution in [2.24, 2.45) is 5.41 Å². The number of alkyl carbamates (subject to hydrolysis) is 1. The quantitative estimate of drug-likeness (QED) is 0.351. The minimum Gasteiger partial charge on any atom is -0.467 e. The lowest BCUT2D eigenvalue weighted by molar-refractivity contribution is -0.143. The third-order valence-corrected chi connectivity index (χ3v) is 6.46. The summed E-state index contributed by atoms with van der Waals surface area (Å²) in [6.45, 7) is 5.76. The second-order valence-electron chi connectivity index (χ2n) is 10.0. The lowest BCUT2D eigenvalue weighted by Crippen LogP contribution is -2.43. The van der Waals surface area contributed by atoms with Crippen LogP contribution < -0.4 is 5.32 Å². The Bertz CT molecular complexity index is 1230. The number of amides is 1. The number of Topliss-reactive ketones (excluding diaryl/α,β-unsaturated/α-hetero) is 1. The molecule has 1 aliphatic carbocycles. The van der Waals surface area contributed by atoms with Crippen LogP contribution in [0.1, 0.15) is 53.7 Å². The molecule has 0 aromatic heterocycles. The summed E-state index contributed by atoms with van der Waals surface area (Å²) in [6, 6.07) is 22.3. The Labute approximate surface area is 211 Å². The molecule has 36 heavy (non-hydrogen) atoms. The monoisotopic (exact) mass is 485 g/mol. The predicted octanol–water partition coefficient (Wildman–Crippen LogP) is 5.54. The summed E-state index contributed by atoms with van der Waals surface area (Å²) in [7, 11) is 1.28. The van der Waals surface area contributed by atoms with Crippen LogP contribution in [0.4, 0.5) is 4.79 Å². The van der Waals surface area contributed by atoms with Crippen molar-refractivity contribution < 1.29 is 23.9 Å². The van der Waals surface area contributed by atoms with Crippen molar-refractivity contribution in [3.63, 3.8) is 0 Å². The van der Waals surface area contributed by atoms with Gasteiger partial charge in [-0.3, -0.25) is 4.79 Å². The van der Waals surface area contributed by atoms with Crippen LogP contribution in [0.25, 0.3) is 11.1 Å². The zero-order chi connectivity index (χ0) is 25.9. The fourth-order valence-corrected chi connectivity index (χ4v) is 4.58. The standard InChI is InChI=1S/C30H31NO5/c1-30(2,3)27(32)20-15-13-19(14-16-20)17-26(28(33)35-4)31-29(34)36-18-25-23-11-7-5-9-21(23)22-10-6-8-12-24(22)25/h5-16,25-26H,17-18H2,1-4H3,(H,31,34)/t26-/m0/s1. The van der Waals surface area contributed by atoms with Gasteiger partial charge in [0.05, 0.1) is 7.11 Å². The normalized spacial score (nSPS) is 13.3. The highest BCUT2D eigenvalue weighted by Gasteiger charge is 2.30. The van der Waals surface area contributed by atoms with Crippen molar-refractivity contribution in [3.8, 4) is 11.1 Å². The van der Waals surface area contributed by atoms with Gasteiger partial charge in [-0.2, -0.15) is 0 Å². The van der Waals surface area contributed by atoms with Crippen LogP contribution in [0.2, 0.25) is 0 Å². The summed E-state index contributed by atoms with van der Waals surface area (Å²) in [5.41, 5.74) is 5.41. The maximum atomic E-state index is 12.7. The number of methoxy groups -OCH3 is 1. The molecule has 0 spiro atoms. The van der Waals surface area contributed by atoms with E-state index in [0.717, 1.165) is 27.8 Å². The van der Waals surface area contributed by atoms with Gasteiger partial charge in [-0.05, 0) is 27.8 Å². The highest BCUT2D eigenvalue weighted by Crippen LogP contribution is 2.44. The molecular formula is C30H31NO5. The molecule has 1 amide bonds. The number of fused-ring (bicyclic) bond motifs is 3. The van der Waals surface area contributed by atoms with Crippen LogP contribution in [-0.2, 0) is 20.7 Å². The molecule has 3 aromatic carbocycles. The van der Waals surface area contributed by atoms with Crippen LogP contribution in [0.15, 0.2) is 72.8 Å². The highest BCUT2D eigenvalue weighted by molar-refractivity contribution is 5.99. The molecule has 6 nitrogen and oxygen atoms in total. The third-order valence-electron chi connectivity index (χ3n) is 6.46.